The number of thioether (sulfide) groups is 1. The fraction of sp³-hybridized carbons (Fsp3) is 0.0625. The number of ether oxygens (including phenoxy) is 1. The van der Waals surface area contributed by atoms with Crippen molar-refractivity contribution in [1.82, 2.24) is 4.98 Å². The fourth-order valence-electron chi connectivity index (χ4n) is 2.22. The van der Waals surface area contributed by atoms with E-state index in [1.807, 2.05) is 12.1 Å². The number of amides is 1. The van der Waals surface area contributed by atoms with Crippen molar-refractivity contribution in [3.63, 3.8) is 0 Å². The molecule has 4 nitrogen and oxygen atoms in total. The van der Waals surface area contributed by atoms with E-state index in [2.05, 4.69) is 36.8 Å². The summed E-state index contributed by atoms with van der Waals surface area (Å²) in [6.45, 7) is 0. The first kappa shape index (κ1) is 17.6. The van der Waals surface area contributed by atoms with E-state index in [9.17, 15) is 4.79 Å². The van der Waals surface area contributed by atoms with Crippen LogP contribution < -0.4 is 9.64 Å². The lowest BCUT2D eigenvalue weighted by Crippen LogP contribution is -2.27. The number of anilines is 1. The summed E-state index contributed by atoms with van der Waals surface area (Å²) in [4.78, 5) is 18.8. The molecule has 1 aromatic carbocycles. The minimum atomic E-state index is -0.170. The molecular formula is C16H10Br2N2O2S2. The van der Waals surface area contributed by atoms with Crippen LogP contribution in [-0.4, -0.2) is 22.3 Å². The minimum absolute atomic E-state index is 0.170. The molecule has 3 rings (SSSR count). The second-order valence-electron chi connectivity index (χ2n) is 4.74. The highest BCUT2D eigenvalue weighted by Gasteiger charge is 2.33. The topological polar surface area (TPSA) is 42.4 Å². The van der Waals surface area contributed by atoms with Gasteiger partial charge in [-0.15, -0.1) is 0 Å². The van der Waals surface area contributed by atoms with Crippen LogP contribution in [0.4, 0.5) is 5.69 Å². The second kappa shape index (κ2) is 7.35. The number of hydrogen-bond acceptors (Lipinski definition) is 5. The van der Waals surface area contributed by atoms with Crippen LogP contribution in [0.5, 0.6) is 5.75 Å². The Bertz CT molecular complexity index is 857. The van der Waals surface area contributed by atoms with Gasteiger partial charge < -0.3 is 4.74 Å². The predicted molar refractivity (Wildman–Crippen MR) is 108 cm³/mol. The van der Waals surface area contributed by atoms with Gasteiger partial charge in [-0.1, -0.05) is 39.9 Å². The molecule has 8 heteroatoms. The third kappa shape index (κ3) is 3.42. The van der Waals surface area contributed by atoms with E-state index in [-0.39, 0.29) is 5.91 Å². The van der Waals surface area contributed by atoms with Crippen molar-refractivity contribution in [2.75, 3.05) is 12.0 Å². The lowest BCUT2D eigenvalue weighted by Gasteiger charge is -2.13. The maximum atomic E-state index is 12.7. The molecule has 0 radical (unpaired) electrons. The highest BCUT2D eigenvalue weighted by Crippen LogP contribution is 2.39. The Hall–Kier alpha value is -1.22. The maximum absolute atomic E-state index is 12.7. The summed E-state index contributed by atoms with van der Waals surface area (Å²) in [7, 11) is 1.59. The summed E-state index contributed by atoms with van der Waals surface area (Å²) in [5.41, 5.74) is 1.44. The second-order valence-corrected chi connectivity index (χ2v) is 8.18. The zero-order valence-electron chi connectivity index (χ0n) is 12.3. The summed E-state index contributed by atoms with van der Waals surface area (Å²) in [5.74, 6) is 0.487. The lowest BCUT2D eigenvalue weighted by molar-refractivity contribution is -0.113. The van der Waals surface area contributed by atoms with Crippen molar-refractivity contribution in [3.05, 3.63) is 56.1 Å². The SMILES string of the molecule is COc1c(Br)cc(Br)cc1/C=C1\SC(=S)N(c2cccnc2)C1=O. The lowest BCUT2D eigenvalue weighted by atomic mass is 10.2. The first-order valence-electron chi connectivity index (χ1n) is 6.72. The van der Waals surface area contributed by atoms with Gasteiger partial charge in [0.1, 0.15) is 5.75 Å². The van der Waals surface area contributed by atoms with Crippen LogP contribution in [0.25, 0.3) is 6.08 Å². The zero-order chi connectivity index (χ0) is 17.3. The molecule has 1 fully saturated rings. The predicted octanol–water partition coefficient (Wildman–Crippen LogP) is 5.02. The molecule has 0 bridgehead atoms. The Balaban J connectivity index is 2.01. The van der Waals surface area contributed by atoms with E-state index in [1.54, 1.807) is 37.7 Å². The Morgan fingerprint density at radius 3 is 2.83 bits per heavy atom. The number of carbonyl (C=O) groups is 1. The summed E-state index contributed by atoms with van der Waals surface area (Å²) >= 11 is 13.5. The number of methoxy groups -OCH3 is 1. The number of aromatic nitrogens is 1. The summed E-state index contributed by atoms with van der Waals surface area (Å²) in [6.07, 6.45) is 5.05. The van der Waals surface area contributed by atoms with Crippen LogP contribution in [-0.2, 0) is 4.79 Å². The molecule has 1 aliphatic heterocycles. The average Bonchev–Trinajstić information content (AvgIpc) is 2.82. The van der Waals surface area contributed by atoms with Gasteiger partial charge in [0.15, 0.2) is 4.32 Å². The standard InChI is InChI=1S/C16H10Br2N2O2S2/c1-22-14-9(5-10(17)7-12(14)18)6-13-15(21)20(16(23)24-13)11-3-2-4-19-8-11/h2-8H,1H3/b13-6-. The number of rotatable bonds is 3. The Kier molecular flexibility index (Phi) is 5.39. The van der Waals surface area contributed by atoms with Crippen molar-refractivity contribution < 1.29 is 9.53 Å². The number of halogens is 2. The molecule has 1 amide bonds. The zero-order valence-corrected chi connectivity index (χ0v) is 17.1. The molecule has 0 spiro atoms. The Morgan fingerprint density at radius 1 is 1.38 bits per heavy atom. The molecule has 0 aliphatic carbocycles. The van der Waals surface area contributed by atoms with Crippen molar-refractivity contribution in [2.24, 2.45) is 0 Å². The number of hydrogen-bond donors (Lipinski definition) is 0. The first-order chi connectivity index (χ1) is 11.5. The quantitative estimate of drug-likeness (QED) is 0.451. The summed E-state index contributed by atoms with van der Waals surface area (Å²) < 4.78 is 7.58. The number of carbonyl (C=O) groups excluding carboxylic acids is 1. The van der Waals surface area contributed by atoms with Crippen molar-refractivity contribution in [2.45, 2.75) is 0 Å². The van der Waals surface area contributed by atoms with E-state index in [4.69, 9.17) is 17.0 Å². The van der Waals surface area contributed by atoms with E-state index >= 15 is 0 Å². The van der Waals surface area contributed by atoms with Gasteiger partial charge in [0, 0.05) is 16.2 Å². The van der Waals surface area contributed by atoms with Gasteiger partial charge in [-0.25, -0.2) is 0 Å². The highest BCUT2D eigenvalue weighted by atomic mass is 79.9. The van der Waals surface area contributed by atoms with Crippen molar-refractivity contribution >= 4 is 77.8 Å². The van der Waals surface area contributed by atoms with Gasteiger partial charge in [-0.05, 0) is 46.3 Å². The fourth-order valence-corrected chi connectivity index (χ4v) is 4.93. The molecule has 1 aromatic heterocycles. The van der Waals surface area contributed by atoms with Crippen LogP contribution in [0.1, 0.15) is 5.56 Å². The molecule has 0 atom stereocenters. The van der Waals surface area contributed by atoms with E-state index < -0.39 is 0 Å². The Labute approximate surface area is 165 Å². The van der Waals surface area contributed by atoms with Crippen LogP contribution in [0.15, 0.2) is 50.5 Å². The molecule has 0 N–H and O–H groups in total. The molecule has 2 heterocycles. The third-order valence-electron chi connectivity index (χ3n) is 3.23. The van der Waals surface area contributed by atoms with E-state index in [1.165, 1.54) is 16.7 Å². The molecule has 1 aliphatic rings. The molecular weight excluding hydrogens is 476 g/mol. The van der Waals surface area contributed by atoms with Gasteiger partial charge in [0.25, 0.3) is 5.91 Å². The average molecular weight is 486 g/mol. The largest absolute Gasteiger partial charge is 0.495 e. The number of pyridine rings is 1. The van der Waals surface area contributed by atoms with E-state index in [0.717, 1.165) is 14.5 Å². The first-order valence-corrected chi connectivity index (χ1v) is 9.53. The van der Waals surface area contributed by atoms with Crippen molar-refractivity contribution in [1.29, 1.82) is 0 Å². The number of benzene rings is 1. The van der Waals surface area contributed by atoms with Gasteiger partial charge in [-0.3, -0.25) is 14.7 Å². The number of thiocarbonyl (C=S) groups is 1. The normalized spacial score (nSPS) is 16.1. The number of nitrogens with zero attached hydrogens (tertiary/aromatic N) is 2. The maximum Gasteiger partial charge on any atom is 0.270 e. The molecule has 24 heavy (non-hydrogen) atoms. The molecule has 0 unspecified atom stereocenters. The molecule has 1 saturated heterocycles. The molecule has 0 saturated carbocycles. The smallest absolute Gasteiger partial charge is 0.270 e. The van der Waals surface area contributed by atoms with Gasteiger partial charge in [0.05, 0.1) is 28.4 Å². The van der Waals surface area contributed by atoms with Gasteiger partial charge in [0.2, 0.25) is 0 Å². The third-order valence-corrected chi connectivity index (χ3v) is 5.57. The summed E-state index contributed by atoms with van der Waals surface area (Å²) in [5, 5.41) is 0. The van der Waals surface area contributed by atoms with Crippen LogP contribution in [0.3, 0.4) is 0 Å². The monoisotopic (exact) mass is 484 g/mol. The van der Waals surface area contributed by atoms with Crippen LogP contribution >= 0.6 is 55.8 Å². The van der Waals surface area contributed by atoms with E-state index in [0.29, 0.717) is 20.7 Å². The van der Waals surface area contributed by atoms with Gasteiger partial charge in [-0.2, -0.15) is 0 Å². The highest BCUT2D eigenvalue weighted by molar-refractivity contribution is 9.11. The van der Waals surface area contributed by atoms with Crippen LogP contribution in [0, 0.1) is 0 Å². The van der Waals surface area contributed by atoms with Gasteiger partial charge >= 0.3 is 0 Å². The summed E-state index contributed by atoms with van der Waals surface area (Å²) in [6, 6.07) is 7.35. The molecule has 2 aromatic rings. The Morgan fingerprint density at radius 2 is 2.17 bits per heavy atom. The molecule has 122 valence electrons. The minimum Gasteiger partial charge on any atom is -0.495 e. The van der Waals surface area contributed by atoms with Crippen LogP contribution in [0.2, 0.25) is 0 Å². The van der Waals surface area contributed by atoms with Crippen molar-refractivity contribution in [3.8, 4) is 5.75 Å².